The molecule has 2 aromatic carbocycles. The smallest absolute Gasteiger partial charge is 0.344 e. The summed E-state index contributed by atoms with van der Waals surface area (Å²) in [7, 11) is 1.60. The fraction of sp³-hybridized carbons (Fsp3) is 0.0625. The number of esters is 1. The molecule has 0 saturated heterocycles. The minimum atomic E-state index is -0.320. The van der Waals surface area contributed by atoms with Gasteiger partial charge in [-0.3, -0.25) is 0 Å². The minimum Gasteiger partial charge on any atom is -0.497 e. The second-order valence-electron chi connectivity index (χ2n) is 4.22. The van der Waals surface area contributed by atoms with Crippen LogP contribution in [0.15, 0.2) is 48.5 Å². The molecule has 19 heavy (non-hydrogen) atoms. The molecule has 0 radical (unpaired) electrons. The Kier molecular flexibility index (Phi) is 2.80. The summed E-state index contributed by atoms with van der Waals surface area (Å²) < 4.78 is 10.5. The second kappa shape index (κ2) is 4.61. The van der Waals surface area contributed by atoms with Gasteiger partial charge in [0.25, 0.3) is 0 Å². The first-order valence-corrected chi connectivity index (χ1v) is 5.95. The molecule has 0 amide bonds. The molecule has 94 valence electrons. The van der Waals surface area contributed by atoms with Crippen molar-refractivity contribution in [2.75, 3.05) is 7.11 Å². The lowest BCUT2D eigenvalue weighted by atomic mass is 10.1. The van der Waals surface area contributed by atoms with Gasteiger partial charge in [0.15, 0.2) is 0 Å². The number of hydrogen-bond acceptors (Lipinski definition) is 3. The van der Waals surface area contributed by atoms with Gasteiger partial charge >= 0.3 is 5.97 Å². The van der Waals surface area contributed by atoms with E-state index in [0.717, 1.165) is 11.1 Å². The standard InChI is InChI=1S/C16H12O3/c1-18-12-7-8-13-14(10-12)15(19-16(13)17)9-11-5-3-2-4-6-11/h2-10H,1H3. The Labute approximate surface area is 111 Å². The predicted molar refractivity (Wildman–Crippen MR) is 72.7 cm³/mol. The molecular formula is C16H12O3. The topological polar surface area (TPSA) is 35.5 Å². The first kappa shape index (κ1) is 11.5. The first-order valence-electron chi connectivity index (χ1n) is 5.95. The summed E-state index contributed by atoms with van der Waals surface area (Å²) in [6, 6.07) is 15.0. The van der Waals surface area contributed by atoms with E-state index in [-0.39, 0.29) is 5.97 Å². The highest BCUT2D eigenvalue weighted by Crippen LogP contribution is 2.33. The molecule has 0 aliphatic carbocycles. The third-order valence-corrected chi connectivity index (χ3v) is 3.01. The normalized spacial score (nSPS) is 15.2. The van der Waals surface area contributed by atoms with Crippen LogP contribution in [-0.2, 0) is 4.74 Å². The van der Waals surface area contributed by atoms with Gasteiger partial charge in [-0.2, -0.15) is 0 Å². The molecule has 0 spiro atoms. The van der Waals surface area contributed by atoms with E-state index in [9.17, 15) is 4.79 Å². The number of carbonyl (C=O) groups excluding carboxylic acids is 1. The molecule has 0 atom stereocenters. The largest absolute Gasteiger partial charge is 0.497 e. The number of fused-ring (bicyclic) bond motifs is 1. The van der Waals surface area contributed by atoms with Crippen LogP contribution in [0.25, 0.3) is 11.8 Å². The molecule has 1 aliphatic heterocycles. The highest BCUT2D eigenvalue weighted by Gasteiger charge is 2.26. The van der Waals surface area contributed by atoms with Crippen molar-refractivity contribution in [3.8, 4) is 5.75 Å². The summed E-state index contributed by atoms with van der Waals surface area (Å²) in [6.45, 7) is 0. The average molecular weight is 252 g/mol. The van der Waals surface area contributed by atoms with Crippen molar-refractivity contribution in [3.63, 3.8) is 0 Å². The van der Waals surface area contributed by atoms with Crippen LogP contribution < -0.4 is 4.74 Å². The Hall–Kier alpha value is -2.55. The Balaban J connectivity index is 2.08. The quantitative estimate of drug-likeness (QED) is 0.769. The fourth-order valence-corrected chi connectivity index (χ4v) is 2.05. The van der Waals surface area contributed by atoms with E-state index >= 15 is 0 Å². The molecule has 1 heterocycles. The highest BCUT2D eigenvalue weighted by molar-refractivity contribution is 6.05. The van der Waals surface area contributed by atoms with Gasteiger partial charge < -0.3 is 9.47 Å². The molecule has 1 aliphatic rings. The molecule has 0 saturated carbocycles. The summed E-state index contributed by atoms with van der Waals surface area (Å²) in [5.41, 5.74) is 2.33. The monoisotopic (exact) mass is 252 g/mol. The second-order valence-corrected chi connectivity index (χ2v) is 4.22. The van der Waals surface area contributed by atoms with Crippen molar-refractivity contribution >= 4 is 17.8 Å². The number of carbonyl (C=O) groups is 1. The molecule has 3 heteroatoms. The van der Waals surface area contributed by atoms with E-state index in [1.165, 1.54) is 0 Å². The van der Waals surface area contributed by atoms with Gasteiger partial charge in [0, 0.05) is 5.56 Å². The highest BCUT2D eigenvalue weighted by atomic mass is 16.5. The Morgan fingerprint density at radius 1 is 1.05 bits per heavy atom. The van der Waals surface area contributed by atoms with Crippen molar-refractivity contribution in [3.05, 3.63) is 65.2 Å². The zero-order valence-electron chi connectivity index (χ0n) is 10.4. The van der Waals surface area contributed by atoms with Gasteiger partial charge in [0.1, 0.15) is 11.5 Å². The van der Waals surface area contributed by atoms with E-state index < -0.39 is 0 Å². The maximum atomic E-state index is 11.8. The zero-order valence-corrected chi connectivity index (χ0v) is 10.4. The Morgan fingerprint density at radius 3 is 2.58 bits per heavy atom. The third-order valence-electron chi connectivity index (χ3n) is 3.01. The SMILES string of the molecule is COc1ccc2c(c1)C(=Cc1ccccc1)OC2=O. The Morgan fingerprint density at radius 2 is 1.84 bits per heavy atom. The zero-order chi connectivity index (χ0) is 13.2. The summed E-state index contributed by atoms with van der Waals surface area (Å²) in [6.07, 6.45) is 1.85. The van der Waals surface area contributed by atoms with Crippen LogP contribution in [0.3, 0.4) is 0 Å². The number of rotatable bonds is 2. The minimum absolute atomic E-state index is 0.320. The fourth-order valence-electron chi connectivity index (χ4n) is 2.05. The van der Waals surface area contributed by atoms with Crippen molar-refractivity contribution in [1.29, 1.82) is 0 Å². The molecule has 2 aromatic rings. The van der Waals surface area contributed by atoms with Gasteiger partial charge in [0.2, 0.25) is 0 Å². The van der Waals surface area contributed by atoms with Crippen LogP contribution in [0.1, 0.15) is 21.5 Å². The van der Waals surface area contributed by atoms with Crippen LogP contribution in [0.2, 0.25) is 0 Å². The number of hydrogen-bond donors (Lipinski definition) is 0. The summed E-state index contributed by atoms with van der Waals surface area (Å²) >= 11 is 0. The molecule has 3 rings (SSSR count). The van der Waals surface area contributed by atoms with Gasteiger partial charge in [-0.15, -0.1) is 0 Å². The summed E-state index contributed by atoms with van der Waals surface area (Å²) in [5, 5.41) is 0. The van der Waals surface area contributed by atoms with Crippen molar-refractivity contribution < 1.29 is 14.3 Å². The lowest BCUT2D eigenvalue weighted by Crippen LogP contribution is -1.93. The van der Waals surface area contributed by atoms with Gasteiger partial charge in [-0.05, 0) is 29.8 Å². The van der Waals surface area contributed by atoms with Crippen LogP contribution >= 0.6 is 0 Å². The van der Waals surface area contributed by atoms with Crippen LogP contribution in [0, 0.1) is 0 Å². The Bertz CT molecular complexity index is 657. The molecule has 0 N–H and O–H groups in total. The van der Waals surface area contributed by atoms with Crippen LogP contribution in [0.4, 0.5) is 0 Å². The number of cyclic esters (lactones) is 1. The molecule has 0 fully saturated rings. The maximum absolute atomic E-state index is 11.8. The van der Waals surface area contributed by atoms with E-state index in [1.54, 1.807) is 19.2 Å². The van der Waals surface area contributed by atoms with E-state index in [2.05, 4.69) is 0 Å². The molecule has 0 aromatic heterocycles. The molecule has 3 nitrogen and oxygen atoms in total. The molecular weight excluding hydrogens is 240 g/mol. The first-order chi connectivity index (χ1) is 9.28. The van der Waals surface area contributed by atoms with E-state index in [0.29, 0.717) is 17.1 Å². The molecule has 0 bridgehead atoms. The maximum Gasteiger partial charge on any atom is 0.344 e. The molecule has 0 unspecified atom stereocenters. The number of benzene rings is 2. The van der Waals surface area contributed by atoms with Gasteiger partial charge in [-0.1, -0.05) is 30.3 Å². The summed E-state index contributed by atoms with van der Waals surface area (Å²) in [5.74, 6) is 0.945. The lowest BCUT2D eigenvalue weighted by Gasteiger charge is -2.02. The summed E-state index contributed by atoms with van der Waals surface area (Å²) in [4.78, 5) is 11.8. The average Bonchev–Trinajstić information content (AvgIpc) is 2.76. The van der Waals surface area contributed by atoms with Crippen molar-refractivity contribution in [2.24, 2.45) is 0 Å². The lowest BCUT2D eigenvalue weighted by molar-refractivity contribution is 0.0717. The number of methoxy groups -OCH3 is 1. The van der Waals surface area contributed by atoms with Gasteiger partial charge in [0.05, 0.1) is 12.7 Å². The van der Waals surface area contributed by atoms with E-state index in [1.807, 2.05) is 42.5 Å². The van der Waals surface area contributed by atoms with Crippen molar-refractivity contribution in [2.45, 2.75) is 0 Å². The van der Waals surface area contributed by atoms with E-state index in [4.69, 9.17) is 9.47 Å². The van der Waals surface area contributed by atoms with Gasteiger partial charge in [-0.25, -0.2) is 4.79 Å². The van der Waals surface area contributed by atoms with Crippen molar-refractivity contribution in [1.82, 2.24) is 0 Å². The predicted octanol–water partition coefficient (Wildman–Crippen LogP) is 3.36. The third kappa shape index (κ3) is 2.10. The van der Waals surface area contributed by atoms with Crippen LogP contribution in [-0.4, -0.2) is 13.1 Å². The number of ether oxygens (including phenoxy) is 2. The van der Waals surface area contributed by atoms with Crippen LogP contribution in [0.5, 0.6) is 5.75 Å².